The van der Waals surface area contributed by atoms with Gasteiger partial charge in [0.25, 0.3) is 5.91 Å². The van der Waals surface area contributed by atoms with Gasteiger partial charge in [0.1, 0.15) is 6.04 Å². The number of hydrogen-bond donors (Lipinski definition) is 1. The predicted molar refractivity (Wildman–Crippen MR) is 77.1 cm³/mol. The van der Waals surface area contributed by atoms with Gasteiger partial charge in [-0.2, -0.15) is 0 Å². The molecule has 0 aliphatic carbocycles. The second-order valence-corrected chi connectivity index (χ2v) is 5.01. The van der Waals surface area contributed by atoms with E-state index in [9.17, 15) is 19.7 Å². The van der Waals surface area contributed by atoms with E-state index < -0.39 is 29.4 Å². The maximum atomic E-state index is 12.2. The van der Waals surface area contributed by atoms with Crippen molar-refractivity contribution < 1.29 is 29.1 Å². The van der Waals surface area contributed by atoms with Crippen LogP contribution in [0.2, 0.25) is 0 Å². The van der Waals surface area contributed by atoms with E-state index >= 15 is 0 Å². The van der Waals surface area contributed by atoms with Gasteiger partial charge in [-0.1, -0.05) is 12.1 Å². The van der Waals surface area contributed by atoms with Gasteiger partial charge >= 0.3 is 11.7 Å². The molecule has 1 heterocycles. The molecule has 9 heteroatoms. The number of aliphatic carboxylic acids is 1. The molecule has 1 aliphatic heterocycles. The Labute approximate surface area is 131 Å². The van der Waals surface area contributed by atoms with Gasteiger partial charge in [-0.25, -0.2) is 4.79 Å². The second kappa shape index (κ2) is 7.05. The number of rotatable bonds is 6. The fraction of sp³-hybridized carbons (Fsp3) is 0.429. The van der Waals surface area contributed by atoms with Gasteiger partial charge in [-0.15, -0.1) is 0 Å². The number of ether oxygens (including phenoxy) is 2. The van der Waals surface area contributed by atoms with E-state index in [1.165, 1.54) is 25.3 Å². The SMILES string of the molecule is COC1CC(C(=O)O)N(C(=O)COc2ccccc2[N+](=O)[O-])C1. The zero-order valence-corrected chi connectivity index (χ0v) is 12.4. The van der Waals surface area contributed by atoms with E-state index in [0.29, 0.717) is 0 Å². The number of para-hydroxylation sites is 2. The first kappa shape index (κ1) is 16.7. The van der Waals surface area contributed by atoms with Gasteiger partial charge in [0.2, 0.25) is 0 Å². The molecule has 2 rings (SSSR count). The normalized spacial score (nSPS) is 20.3. The summed E-state index contributed by atoms with van der Waals surface area (Å²) in [6, 6.07) is 4.68. The molecule has 0 radical (unpaired) electrons. The molecular formula is C14H16N2O7. The van der Waals surface area contributed by atoms with Crippen molar-refractivity contribution in [3.8, 4) is 5.75 Å². The molecule has 0 spiro atoms. The molecule has 9 nitrogen and oxygen atoms in total. The lowest BCUT2D eigenvalue weighted by Crippen LogP contribution is -2.43. The number of amides is 1. The van der Waals surface area contributed by atoms with Crippen molar-refractivity contribution in [2.75, 3.05) is 20.3 Å². The van der Waals surface area contributed by atoms with Crippen LogP contribution in [0.1, 0.15) is 6.42 Å². The van der Waals surface area contributed by atoms with Gasteiger partial charge in [-0.3, -0.25) is 14.9 Å². The predicted octanol–water partition coefficient (Wildman–Crippen LogP) is 0.674. The van der Waals surface area contributed by atoms with Gasteiger partial charge in [0.05, 0.1) is 11.0 Å². The van der Waals surface area contributed by atoms with Crippen LogP contribution in [-0.2, 0) is 14.3 Å². The zero-order chi connectivity index (χ0) is 17.0. The number of carboxylic acids is 1. The van der Waals surface area contributed by atoms with E-state index in [1.807, 2.05) is 0 Å². The Morgan fingerprint density at radius 2 is 2.13 bits per heavy atom. The summed E-state index contributed by atoms with van der Waals surface area (Å²) in [6.45, 7) is -0.336. The number of nitro benzene ring substituents is 1. The molecule has 0 bridgehead atoms. The summed E-state index contributed by atoms with van der Waals surface area (Å²) < 4.78 is 10.3. The number of nitro groups is 1. The number of nitrogens with zero attached hydrogens (tertiary/aromatic N) is 2. The number of carbonyl (C=O) groups is 2. The highest BCUT2D eigenvalue weighted by Crippen LogP contribution is 2.26. The van der Waals surface area contributed by atoms with Crippen molar-refractivity contribution in [1.29, 1.82) is 0 Å². The van der Waals surface area contributed by atoms with Crippen LogP contribution in [0.15, 0.2) is 24.3 Å². The first-order chi connectivity index (χ1) is 10.9. The number of likely N-dealkylation sites (tertiary alicyclic amines) is 1. The van der Waals surface area contributed by atoms with Crippen molar-refractivity contribution >= 4 is 17.6 Å². The lowest BCUT2D eigenvalue weighted by molar-refractivity contribution is -0.385. The molecule has 1 aliphatic rings. The van der Waals surface area contributed by atoms with E-state index in [1.54, 1.807) is 6.07 Å². The Morgan fingerprint density at radius 3 is 2.74 bits per heavy atom. The monoisotopic (exact) mass is 324 g/mol. The van der Waals surface area contributed by atoms with Crippen molar-refractivity contribution in [3.05, 3.63) is 34.4 Å². The molecule has 2 atom stereocenters. The smallest absolute Gasteiger partial charge is 0.326 e. The van der Waals surface area contributed by atoms with Crippen LogP contribution in [0.3, 0.4) is 0 Å². The first-order valence-corrected chi connectivity index (χ1v) is 6.85. The van der Waals surface area contributed by atoms with Crippen LogP contribution in [0.4, 0.5) is 5.69 Å². The molecule has 1 N–H and O–H groups in total. The third-order valence-electron chi connectivity index (χ3n) is 3.61. The summed E-state index contributed by atoms with van der Waals surface area (Å²) in [5.41, 5.74) is -0.258. The molecule has 2 unspecified atom stereocenters. The average Bonchev–Trinajstić information content (AvgIpc) is 2.97. The van der Waals surface area contributed by atoms with Crippen molar-refractivity contribution in [2.45, 2.75) is 18.6 Å². The van der Waals surface area contributed by atoms with E-state index in [2.05, 4.69) is 0 Å². The molecule has 1 saturated heterocycles. The van der Waals surface area contributed by atoms with Crippen LogP contribution >= 0.6 is 0 Å². The van der Waals surface area contributed by atoms with E-state index in [0.717, 1.165) is 4.90 Å². The standard InChI is InChI=1S/C14H16N2O7/c1-22-9-6-11(14(18)19)15(7-9)13(17)8-23-12-5-3-2-4-10(12)16(20)21/h2-5,9,11H,6-8H2,1H3,(H,18,19). The Hall–Kier alpha value is -2.68. The van der Waals surface area contributed by atoms with Crippen molar-refractivity contribution in [1.82, 2.24) is 4.90 Å². The first-order valence-electron chi connectivity index (χ1n) is 6.85. The van der Waals surface area contributed by atoms with Crippen molar-refractivity contribution in [3.63, 3.8) is 0 Å². The summed E-state index contributed by atoms with van der Waals surface area (Å²) in [5.74, 6) is -1.72. The minimum atomic E-state index is -1.12. The van der Waals surface area contributed by atoms with Gasteiger partial charge in [-0.05, 0) is 6.07 Å². The number of carboxylic acid groups (broad SMARTS) is 1. The fourth-order valence-corrected chi connectivity index (χ4v) is 2.43. The molecule has 1 amide bonds. The third kappa shape index (κ3) is 3.75. The Balaban J connectivity index is 2.05. The highest BCUT2D eigenvalue weighted by Gasteiger charge is 2.39. The fourth-order valence-electron chi connectivity index (χ4n) is 2.43. The lowest BCUT2D eigenvalue weighted by Gasteiger charge is -2.21. The highest BCUT2D eigenvalue weighted by atomic mass is 16.6. The molecular weight excluding hydrogens is 308 g/mol. The van der Waals surface area contributed by atoms with E-state index in [-0.39, 0.29) is 30.5 Å². The molecule has 23 heavy (non-hydrogen) atoms. The molecule has 124 valence electrons. The topological polar surface area (TPSA) is 119 Å². The number of benzene rings is 1. The van der Waals surface area contributed by atoms with Gasteiger partial charge in [0, 0.05) is 26.1 Å². The second-order valence-electron chi connectivity index (χ2n) is 5.01. The molecule has 1 fully saturated rings. The molecule has 0 aromatic heterocycles. The summed E-state index contributed by atoms with van der Waals surface area (Å²) in [7, 11) is 1.45. The third-order valence-corrected chi connectivity index (χ3v) is 3.61. The Bertz CT molecular complexity index is 619. The minimum Gasteiger partial charge on any atom is -0.480 e. The Morgan fingerprint density at radius 1 is 1.43 bits per heavy atom. The minimum absolute atomic E-state index is 0.0415. The van der Waals surface area contributed by atoms with E-state index in [4.69, 9.17) is 14.6 Å². The summed E-state index contributed by atoms with van der Waals surface area (Å²) >= 11 is 0. The number of hydrogen-bond acceptors (Lipinski definition) is 6. The molecule has 1 aromatic carbocycles. The summed E-state index contributed by atoms with van der Waals surface area (Å²) in [4.78, 5) is 34.8. The van der Waals surface area contributed by atoms with Crippen LogP contribution < -0.4 is 4.74 Å². The quantitative estimate of drug-likeness (QED) is 0.603. The molecule has 1 aromatic rings. The summed E-state index contributed by atoms with van der Waals surface area (Å²) in [6.07, 6.45) is -0.158. The molecule has 0 saturated carbocycles. The van der Waals surface area contributed by atoms with Crippen molar-refractivity contribution in [2.24, 2.45) is 0 Å². The Kier molecular flexibility index (Phi) is 5.12. The van der Waals surface area contributed by atoms with Crippen LogP contribution in [0.5, 0.6) is 5.75 Å². The largest absolute Gasteiger partial charge is 0.480 e. The van der Waals surface area contributed by atoms with Crippen LogP contribution in [-0.4, -0.2) is 59.2 Å². The lowest BCUT2D eigenvalue weighted by atomic mass is 10.2. The zero-order valence-electron chi connectivity index (χ0n) is 12.4. The highest BCUT2D eigenvalue weighted by molar-refractivity contribution is 5.85. The van der Waals surface area contributed by atoms with Crippen LogP contribution in [0, 0.1) is 10.1 Å². The summed E-state index contributed by atoms with van der Waals surface area (Å²) in [5, 5.41) is 20.1. The van der Waals surface area contributed by atoms with Gasteiger partial charge < -0.3 is 19.5 Å². The van der Waals surface area contributed by atoms with Gasteiger partial charge in [0.15, 0.2) is 12.4 Å². The number of methoxy groups -OCH3 is 1. The van der Waals surface area contributed by atoms with Crippen LogP contribution in [0.25, 0.3) is 0 Å². The number of carbonyl (C=O) groups excluding carboxylic acids is 1. The maximum absolute atomic E-state index is 12.2. The maximum Gasteiger partial charge on any atom is 0.326 e. The average molecular weight is 324 g/mol.